The number of nitrogens with zero attached hydrogens (tertiary/aromatic N) is 3. The number of carbonyl (C=O) groups is 1. The fraction of sp³-hybridized carbons (Fsp3) is 0.130. The molecule has 0 saturated heterocycles. The summed E-state index contributed by atoms with van der Waals surface area (Å²) in [5.41, 5.74) is 1.16. The van der Waals surface area contributed by atoms with Gasteiger partial charge in [-0.05, 0) is 55.8 Å². The minimum Gasteiger partial charge on any atom is -0.293 e. The van der Waals surface area contributed by atoms with Crippen LogP contribution in [0.4, 0.5) is 8.78 Å². The summed E-state index contributed by atoms with van der Waals surface area (Å²) in [5, 5.41) is -0.00748. The van der Waals surface area contributed by atoms with Gasteiger partial charge in [0.2, 0.25) is 0 Å². The Morgan fingerprint density at radius 3 is 2.55 bits per heavy atom. The van der Waals surface area contributed by atoms with Gasteiger partial charge in [0, 0.05) is 11.8 Å². The van der Waals surface area contributed by atoms with E-state index in [4.69, 9.17) is 0 Å². The number of benzene rings is 2. The molecule has 1 atom stereocenters. The zero-order valence-electron chi connectivity index (χ0n) is 16.7. The summed E-state index contributed by atoms with van der Waals surface area (Å²) in [6.07, 6.45) is 1.64. The van der Waals surface area contributed by atoms with E-state index in [0.717, 1.165) is 29.5 Å². The Hall–Kier alpha value is -3.39. The number of pyridine rings is 1. The Morgan fingerprint density at radius 2 is 1.84 bits per heavy atom. The van der Waals surface area contributed by atoms with Crippen LogP contribution in [-0.4, -0.2) is 25.6 Å². The first-order chi connectivity index (χ1) is 14.8. The molecule has 31 heavy (non-hydrogen) atoms. The first-order valence-corrected chi connectivity index (χ1v) is 10.3. The van der Waals surface area contributed by atoms with E-state index in [1.807, 2.05) is 13.0 Å². The van der Waals surface area contributed by atoms with Crippen LogP contribution in [0.2, 0.25) is 0 Å². The Labute approximate surface area is 180 Å². The number of hydrogen-bond donors (Lipinski definition) is 0. The zero-order chi connectivity index (χ0) is 22.1. The number of ketones is 1. The maximum Gasteiger partial charge on any atom is 0.267 e. The number of para-hydroxylation sites is 1. The van der Waals surface area contributed by atoms with Crippen LogP contribution in [0.15, 0.2) is 70.7 Å². The highest BCUT2D eigenvalue weighted by molar-refractivity contribution is 8.00. The monoisotopic (exact) mass is 437 g/mol. The largest absolute Gasteiger partial charge is 0.293 e. The van der Waals surface area contributed by atoms with Crippen molar-refractivity contribution in [3.63, 3.8) is 0 Å². The van der Waals surface area contributed by atoms with Gasteiger partial charge in [-0.3, -0.25) is 9.59 Å². The van der Waals surface area contributed by atoms with Gasteiger partial charge in [-0.15, -0.1) is 0 Å². The molecule has 0 aliphatic carbocycles. The van der Waals surface area contributed by atoms with Gasteiger partial charge in [0.25, 0.3) is 5.56 Å². The number of rotatable bonds is 5. The molecule has 156 valence electrons. The van der Waals surface area contributed by atoms with Gasteiger partial charge in [-0.2, -0.15) is 0 Å². The van der Waals surface area contributed by atoms with Gasteiger partial charge in [0.1, 0.15) is 5.82 Å². The van der Waals surface area contributed by atoms with E-state index >= 15 is 0 Å². The highest BCUT2D eigenvalue weighted by atomic mass is 32.2. The maximum absolute atomic E-state index is 13.6. The lowest BCUT2D eigenvalue weighted by molar-refractivity contribution is 0.0993. The predicted molar refractivity (Wildman–Crippen MR) is 116 cm³/mol. The quantitative estimate of drug-likeness (QED) is 0.257. The molecule has 0 fully saturated rings. The number of aromatic nitrogens is 3. The number of halogens is 2. The highest BCUT2D eigenvalue weighted by Gasteiger charge is 2.22. The van der Waals surface area contributed by atoms with Gasteiger partial charge in [-0.1, -0.05) is 30.0 Å². The van der Waals surface area contributed by atoms with Crippen molar-refractivity contribution in [3.8, 4) is 5.82 Å². The van der Waals surface area contributed by atoms with Crippen LogP contribution >= 0.6 is 11.8 Å². The molecule has 0 amide bonds. The molecule has 0 saturated carbocycles. The van der Waals surface area contributed by atoms with Crippen LogP contribution in [-0.2, 0) is 0 Å². The van der Waals surface area contributed by atoms with Gasteiger partial charge in [0.05, 0.1) is 16.2 Å². The van der Waals surface area contributed by atoms with E-state index < -0.39 is 22.7 Å². The number of carbonyl (C=O) groups excluding carboxylic acids is 1. The molecule has 5 nitrogen and oxygen atoms in total. The topological polar surface area (TPSA) is 64.8 Å². The van der Waals surface area contributed by atoms with Gasteiger partial charge < -0.3 is 0 Å². The van der Waals surface area contributed by atoms with Crippen molar-refractivity contribution in [3.05, 3.63) is 93.9 Å². The number of fused-ring (bicyclic) bond motifs is 1. The standard InChI is InChI=1S/C23H17F2N3O2S/c1-13-7-10-20(26-12-13)28-22(30)16-5-3-4-6-19(16)27-23(28)31-14(2)21(29)15-8-9-17(24)18(25)11-15/h3-12,14H,1-2H3. The molecule has 0 spiro atoms. The fourth-order valence-electron chi connectivity index (χ4n) is 3.08. The molecule has 8 heteroatoms. The van der Waals surface area contributed by atoms with Crippen molar-refractivity contribution in [1.29, 1.82) is 0 Å². The van der Waals surface area contributed by atoms with Crippen molar-refractivity contribution in [2.45, 2.75) is 24.3 Å². The molecule has 2 aromatic carbocycles. The molecule has 1 unspecified atom stereocenters. The summed E-state index contributed by atoms with van der Waals surface area (Å²) in [6, 6.07) is 13.5. The molecule has 4 rings (SSSR count). The molecule has 2 aromatic heterocycles. The molecule has 2 heterocycles. The molecule has 0 aliphatic heterocycles. The van der Waals surface area contributed by atoms with E-state index in [1.54, 1.807) is 43.5 Å². The molecule has 0 bridgehead atoms. The van der Waals surface area contributed by atoms with Crippen molar-refractivity contribution in [2.24, 2.45) is 0 Å². The van der Waals surface area contributed by atoms with E-state index in [0.29, 0.717) is 16.7 Å². The number of Topliss-reactive ketones (excluding diaryl/α,β-unsaturated/α-hetero) is 1. The van der Waals surface area contributed by atoms with E-state index in [1.165, 1.54) is 10.6 Å². The zero-order valence-corrected chi connectivity index (χ0v) is 17.5. The summed E-state index contributed by atoms with van der Waals surface area (Å²) >= 11 is 1.06. The summed E-state index contributed by atoms with van der Waals surface area (Å²) in [6.45, 7) is 3.51. The van der Waals surface area contributed by atoms with Crippen molar-refractivity contribution >= 4 is 28.4 Å². The van der Waals surface area contributed by atoms with Crippen molar-refractivity contribution < 1.29 is 13.6 Å². The van der Waals surface area contributed by atoms with Crippen LogP contribution in [0.5, 0.6) is 0 Å². The maximum atomic E-state index is 13.6. The number of thioether (sulfide) groups is 1. The van der Waals surface area contributed by atoms with E-state index in [-0.39, 0.29) is 16.3 Å². The van der Waals surface area contributed by atoms with Gasteiger partial charge in [-0.25, -0.2) is 23.3 Å². The smallest absolute Gasteiger partial charge is 0.267 e. The average molecular weight is 437 g/mol. The second-order valence-corrected chi connectivity index (χ2v) is 8.31. The lowest BCUT2D eigenvalue weighted by atomic mass is 10.1. The lowest BCUT2D eigenvalue weighted by Crippen LogP contribution is -2.24. The molecule has 0 radical (unpaired) electrons. The van der Waals surface area contributed by atoms with Crippen LogP contribution < -0.4 is 5.56 Å². The SMILES string of the molecule is Cc1ccc(-n2c(SC(C)C(=O)c3ccc(F)c(F)c3)nc3ccccc3c2=O)nc1. The van der Waals surface area contributed by atoms with Crippen molar-refractivity contribution in [1.82, 2.24) is 14.5 Å². The molecule has 0 aliphatic rings. The minimum absolute atomic E-state index is 0.0436. The molecule has 4 aromatic rings. The molecule has 0 N–H and O–H groups in total. The summed E-state index contributed by atoms with van der Waals surface area (Å²) < 4.78 is 28.2. The van der Waals surface area contributed by atoms with Gasteiger partial charge >= 0.3 is 0 Å². The van der Waals surface area contributed by atoms with Crippen LogP contribution in [0.3, 0.4) is 0 Å². The molecular weight excluding hydrogens is 420 g/mol. The summed E-state index contributed by atoms with van der Waals surface area (Å²) in [5.74, 6) is -2.14. The Morgan fingerprint density at radius 1 is 1.06 bits per heavy atom. The lowest BCUT2D eigenvalue weighted by Gasteiger charge is -2.15. The van der Waals surface area contributed by atoms with Crippen LogP contribution in [0.1, 0.15) is 22.8 Å². The first kappa shape index (κ1) is 20.9. The third-order valence-electron chi connectivity index (χ3n) is 4.73. The van der Waals surface area contributed by atoms with Crippen molar-refractivity contribution in [2.75, 3.05) is 0 Å². The third kappa shape index (κ3) is 4.11. The third-order valence-corrected chi connectivity index (χ3v) is 5.78. The highest BCUT2D eigenvalue weighted by Crippen LogP contribution is 2.27. The Bertz CT molecular complexity index is 1350. The predicted octanol–water partition coefficient (Wildman–Crippen LogP) is 4.73. The number of hydrogen-bond acceptors (Lipinski definition) is 5. The minimum atomic E-state index is -1.09. The average Bonchev–Trinajstić information content (AvgIpc) is 2.76. The van der Waals surface area contributed by atoms with Crippen LogP contribution in [0.25, 0.3) is 16.7 Å². The Kier molecular flexibility index (Phi) is 5.65. The van der Waals surface area contributed by atoms with Crippen LogP contribution in [0, 0.1) is 18.6 Å². The van der Waals surface area contributed by atoms with E-state index in [9.17, 15) is 18.4 Å². The second kappa shape index (κ2) is 8.39. The number of aryl methyl sites for hydroxylation is 1. The second-order valence-electron chi connectivity index (χ2n) is 7.00. The summed E-state index contributed by atoms with van der Waals surface area (Å²) in [4.78, 5) is 35.0. The van der Waals surface area contributed by atoms with E-state index in [2.05, 4.69) is 9.97 Å². The summed E-state index contributed by atoms with van der Waals surface area (Å²) in [7, 11) is 0. The normalized spacial score (nSPS) is 12.1. The molecular formula is C23H17F2N3O2S. The fourth-order valence-corrected chi connectivity index (χ4v) is 4.07. The van der Waals surface area contributed by atoms with Gasteiger partial charge in [0.15, 0.2) is 22.6 Å². The Balaban J connectivity index is 1.79. The first-order valence-electron chi connectivity index (χ1n) is 9.46.